The van der Waals surface area contributed by atoms with Crippen molar-refractivity contribution in [3.63, 3.8) is 0 Å². The largest absolute Gasteiger partial charge is 0.463 e. The molecule has 0 saturated heterocycles. The van der Waals surface area contributed by atoms with Gasteiger partial charge in [0.2, 0.25) is 0 Å². The van der Waals surface area contributed by atoms with Gasteiger partial charge in [-0.05, 0) is 19.9 Å². The molecule has 0 N–H and O–H groups in total. The Morgan fingerprint density at radius 3 is 2.84 bits per heavy atom. The van der Waals surface area contributed by atoms with Gasteiger partial charge in [-0.1, -0.05) is 17.4 Å². The fraction of sp³-hybridized carbons (Fsp3) is 0.438. The molecule has 0 saturated carbocycles. The third-order valence-corrected chi connectivity index (χ3v) is 4.51. The Bertz CT molecular complexity index is 776. The molecule has 9 heteroatoms. The molecule has 1 aromatic rings. The fourth-order valence-electron chi connectivity index (χ4n) is 3.19. The standard InChI is InChI=1S/C16H19N5O4/c1-4-25-16(22)11-9-12-15(19(3)10(11)2)20(18-17-12)13-7-5-6-8-14(13)21(23)24/h5-8,12,15H,4,9H2,1-3H3. The van der Waals surface area contributed by atoms with E-state index in [-0.39, 0.29) is 23.9 Å². The average molecular weight is 345 g/mol. The molecule has 2 heterocycles. The minimum atomic E-state index is -0.437. The Morgan fingerprint density at radius 2 is 2.16 bits per heavy atom. The number of carbonyl (C=O) groups excluding carboxylic acids is 1. The molecular formula is C16H19N5O4. The second kappa shape index (κ2) is 6.50. The summed E-state index contributed by atoms with van der Waals surface area (Å²) in [6, 6.07) is 6.12. The number of rotatable bonds is 4. The molecule has 0 amide bonds. The highest BCUT2D eigenvalue weighted by Gasteiger charge is 2.44. The zero-order valence-electron chi connectivity index (χ0n) is 14.2. The number of hydrogen-bond donors (Lipinski definition) is 0. The number of benzene rings is 1. The van der Waals surface area contributed by atoms with Crippen LogP contribution in [-0.4, -0.2) is 41.7 Å². The van der Waals surface area contributed by atoms with Crippen LogP contribution >= 0.6 is 0 Å². The third kappa shape index (κ3) is 2.81. The van der Waals surface area contributed by atoms with Crippen LogP contribution in [0.2, 0.25) is 0 Å². The molecule has 2 aliphatic rings. The summed E-state index contributed by atoms with van der Waals surface area (Å²) in [6.07, 6.45) is 0.0691. The molecule has 2 atom stereocenters. The minimum absolute atomic E-state index is 0.0340. The normalized spacial score (nSPS) is 22.2. The Morgan fingerprint density at radius 1 is 1.44 bits per heavy atom. The average Bonchev–Trinajstić information content (AvgIpc) is 3.02. The van der Waals surface area contributed by atoms with Gasteiger partial charge in [0, 0.05) is 25.2 Å². The van der Waals surface area contributed by atoms with Gasteiger partial charge in [-0.25, -0.2) is 9.80 Å². The maximum atomic E-state index is 12.2. The number of anilines is 1. The summed E-state index contributed by atoms with van der Waals surface area (Å²) in [5, 5.41) is 21.3. The molecule has 25 heavy (non-hydrogen) atoms. The molecule has 0 aliphatic carbocycles. The van der Waals surface area contributed by atoms with Gasteiger partial charge in [-0.15, -0.1) is 0 Å². The van der Waals surface area contributed by atoms with Crippen molar-refractivity contribution in [2.75, 3.05) is 18.7 Å². The van der Waals surface area contributed by atoms with E-state index in [1.807, 2.05) is 18.9 Å². The number of allylic oxidation sites excluding steroid dienone is 1. The monoisotopic (exact) mass is 345 g/mol. The number of ether oxygens (including phenoxy) is 1. The minimum Gasteiger partial charge on any atom is -0.463 e. The molecule has 2 unspecified atom stereocenters. The predicted octanol–water partition coefficient (Wildman–Crippen LogP) is 2.65. The van der Waals surface area contributed by atoms with Crippen molar-refractivity contribution < 1.29 is 14.5 Å². The topological polar surface area (TPSA) is 101 Å². The molecule has 3 rings (SSSR count). The van der Waals surface area contributed by atoms with E-state index in [1.165, 1.54) is 6.07 Å². The zero-order valence-corrected chi connectivity index (χ0v) is 14.2. The van der Waals surface area contributed by atoms with Gasteiger partial charge in [-0.3, -0.25) is 10.1 Å². The summed E-state index contributed by atoms with van der Waals surface area (Å²) in [6.45, 7) is 3.89. The Labute approximate surface area is 144 Å². The first-order valence-corrected chi connectivity index (χ1v) is 7.98. The lowest BCUT2D eigenvalue weighted by molar-refractivity contribution is -0.384. The van der Waals surface area contributed by atoms with Crippen LogP contribution in [0.1, 0.15) is 20.3 Å². The van der Waals surface area contributed by atoms with E-state index >= 15 is 0 Å². The molecule has 0 radical (unpaired) electrons. The summed E-state index contributed by atoms with van der Waals surface area (Å²) in [5.74, 6) is -0.357. The Hall–Kier alpha value is -2.97. The fourth-order valence-corrected chi connectivity index (χ4v) is 3.19. The molecular weight excluding hydrogens is 326 g/mol. The SMILES string of the molecule is CCOC(=O)C1=C(C)N(C)C2C(C1)N=NN2c1ccccc1[N+](=O)[O-]. The highest BCUT2D eigenvalue weighted by atomic mass is 16.6. The lowest BCUT2D eigenvalue weighted by atomic mass is 9.96. The number of para-hydroxylation sites is 2. The van der Waals surface area contributed by atoms with E-state index < -0.39 is 4.92 Å². The number of carbonyl (C=O) groups is 1. The summed E-state index contributed by atoms with van der Waals surface area (Å²) < 4.78 is 5.11. The maximum absolute atomic E-state index is 12.2. The van der Waals surface area contributed by atoms with Gasteiger partial charge in [0.1, 0.15) is 17.9 Å². The van der Waals surface area contributed by atoms with Crippen molar-refractivity contribution in [2.45, 2.75) is 32.5 Å². The molecule has 132 valence electrons. The molecule has 0 spiro atoms. The van der Waals surface area contributed by atoms with E-state index in [1.54, 1.807) is 30.1 Å². The van der Waals surface area contributed by atoms with Crippen LogP contribution in [0, 0.1) is 10.1 Å². The van der Waals surface area contributed by atoms with E-state index in [9.17, 15) is 14.9 Å². The second-order valence-electron chi connectivity index (χ2n) is 5.88. The van der Waals surface area contributed by atoms with Crippen LogP contribution < -0.4 is 5.01 Å². The van der Waals surface area contributed by atoms with Crippen LogP contribution in [-0.2, 0) is 9.53 Å². The van der Waals surface area contributed by atoms with Crippen LogP contribution in [0.5, 0.6) is 0 Å². The van der Waals surface area contributed by atoms with E-state index in [4.69, 9.17) is 4.74 Å². The van der Waals surface area contributed by atoms with Crippen LogP contribution in [0.15, 0.2) is 45.9 Å². The first kappa shape index (κ1) is 16.9. The summed E-state index contributed by atoms with van der Waals surface area (Å²) in [4.78, 5) is 24.9. The van der Waals surface area contributed by atoms with Crippen LogP contribution in [0.25, 0.3) is 0 Å². The van der Waals surface area contributed by atoms with Crippen molar-refractivity contribution in [3.8, 4) is 0 Å². The molecule has 1 aromatic carbocycles. The Balaban J connectivity index is 1.96. The summed E-state index contributed by atoms with van der Waals surface area (Å²) >= 11 is 0. The Kier molecular flexibility index (Phi) is 4.39. The lowest BCUT2D eigenvalue weighted by Gasteiger charge is -2.39. The van der Waals surface area contributed by atoms with Gasteiger partial charge in [0.15, 0.2) is 0 Å². The number of fused-ring (bicyclic) bond motifs is 1. The van der Waals surface area contributed by atoms with Crippen molar-refractivity contribution in [2.24, 2.45) is 10.3 Å². The second-order valence-corrected chi connectivity index (χ2v) is 5.88. The number of likely N-dealkylation sites (N-methyl/N-ethyl adjacent to an activating group) is 1. The van der Waals surface area contributed by atoms with Crippen molar-refractivity contribution in [3.05, 3.63) is 45.6 Å². The number of nitro benzene ring substituents is 1. The quantitative estimate of drug-likeness (QED) is 0.472. The third-order valence-electron chi connectivity index (χ3n) is 4.51. The number of nitro groups is 1. The van der Waals surface area contributed by atoms with Crippen molar-refractivity contribution >= 4 is 17.3 Å². The molecule has 0 aromatic heterocycles. The summed E-state index contributed by atoms with van der Waals surface area (Å²) in [7, 11) is 1.82. The van der Waals surface area contributed by atoms with Gasteiger partial charge in [-0.2, -0.15) is 5.11 Å². The van der Waals surface area contributed by atoms with Gasteiger partial charge >= 0.3 is 5.97 Å². The van der Waals surface area contributed by atoms with Crippen LogP contribution in [0.3, 0.4) is 0 Å². The summed E-state index contributed by atoms with van der Waals surface area (Å²) in [5.41, 5.74) is 1.67. The van der Waals surface area contributed by atoms with Gasteiger partial charge in [0.05, 0.1) is 17.1 Å². The highest BCUT2D eigenvalue weighted by Crippen LogP contribution is 2.39. The molecule has 2 aliphatic heterocycles. The highest BCUT2D eigenvalue weighted by molar-refractivity contribution is 5.89. The van der Waals surface area contributed by atoms with Gasteiger partial charge in [0.25, 0.3) is 5.69 Å². The smallest absolute Gasteiger partial charge is 0.335 e. The number of hydrogen-bond acceptors (Lipinski definition) is 8. The first-order valence-electron chi connectivity index (χ1n) is 7.98. The van der Waals surface area contributed by atoms with E-state index in [0.29, 0.717) is 24.3 Å². The lowest BCUT2D eigenvalue weighted by Crippen LogP contribution is -2.50. The van der Waals surface area contributed by atoms with Gasteiger partial charge < -0.3 is 9.64 Å². The molecule has 9 nitrogen and oxygen atoms in total. The van der Waals surface area contributed by atoms with Crippen LogP contribution in [0.4, 0.5) is 11.4 Å². The van der Waals surface area contributed by atoms with Crippen molar-refractivity contribution in [1.82, 2.24) is 4.90 Å². The van der Waals surface area contributed by atoms with E-state index in [2.05, 4.69) is 10.3 Å². The first-order chi connectivity index (χ1) is 12.0. The van der Waals surface area contributed by atoms with E-state index in [0.717, 1.165) is 5.70 Å². The maximum Gasteiger partial charge on any atom is 0.335 e. The number of esters is 1. The number of nitrogens with zero attached hydrogens (tertiary/aromatic N) is 5. The zero-order chi connectivity index (χ0) is 18.1. The van der Waals surface area contributed by atoms with Crippen molar-refractivity contribution in [1.29, 1.82) is 0 Å². The molecule has 0 fully saturated rings. The molecule has 0 bridgehead atoms. The predicted molar refractivity (Wildman–Crippen MR) is 89.7 cm³/mol.